The molecule has 11 heteroatoms. The van der Waals surface area contributed by atoms with E-state index in [0.717, 1.165) is 44.3 Å². The monoisotopic (exact) mass is 555 g/mol. The molecule has 0 spiro atoms. The lowest BCUT2D eigenvalue weighted by Crippen LogP contribution is -2.21. The van der Waals surface area contributed by atoms with Crippen molar-refractivity contribution in [1.82, 2.24) is 24.7 Å². The number of fused-ring (bicyclic) bond motifs is 2. The van der Waals surface area contributed by atoms with Crippen molar-refractivity contribution in [3.05, 3.63) is 102 Å². The highest BCUT2D eigenvalue weighted by Crippen LogP contribution is 2.30. The smallest absolute Gasteiger partial charge is 0.149 e. The number of halogens is 1. The predicted octanol–water partition coefficient (Wildman–Crippen LogP) is 4.95. The number of nitrogens with two attached hydrogens (primary N) is 1. The van der Waals surface area contributed by atoms with E-state index in [4.69, 9.17) is 5.73 Å². The van der Waals surface area contributed by atoms with E-state index < -0.39 is 15.9 Å². The number of nitrogens with zero attached hydrogens (tertiary/aromatic N) is 4. The first-order valence-electron chi connectivity index (χ1n) is 12.6. The van der Waals surface area contributed by atoms with Gasteiger partial charge in [0.25, 0.3) is 0 Å². The molecule has 3 heterocycles. The lowest BCUT2D eigenvalue weighted by Gasteiger charge is -2.11. The number of H-pyrrole nitrogens is 1. The lowest BCUT2D eigenvalue weighted by molar-refractivity contribution is 0.593. The molecule has 6 aromatic rings. The number of aromatic amines is 1. The molecule has 40 heavy (non-hydrogen) atoms. The van der Waals surface area contributed by atoms with Gasteiger partial charge in [0.1, 0.15) is 27.8 Å². The maximum absolute atomic E-state index is 13.6. The van der Waals surface area contributed by atoms with Crippen LogP contribution >= 0.6 is 0 Å². The molecule has 9 nitrogen and oxygen atoms in total. The van der Waals surface area contributed by atoms with Gasteiger partial charge in [-0.3, -0.25) is 4.68 Å². The summed E-state index contributed by atoms with van der Waals surface area (Å²) in [7, 11) is -3.21. The number of hydrogen-bond donors (Lipinski definition) is 3. The first kappa shape index (κ1) is 25.7. The number of rotatable bonds is 8. The fraction of sp³-hybridized carbons (Fsp3) is 0.138. The Balaban J connectivity index is 1.27. The molecule has 0 aliphatic rings. The Morgan fingerprint density at radius 1 is 1.05 bits per heavy atom. The van der Waals surface area contributed by atoms with Crippen LogP contribution in [0.4, 0.5) is 15.9 Å². The van der Waals surface area contributed by atoms with Gasteiger partial charge in [-0.1, -0.05) is 18.2 Å². The second kappa shape index (κ2) is 10.2. The highest BCUT2D eigenvalue weighted by atomic mass is 32.2. The van der Waals surface area contributed by atoms with Crippen LogP contribution in [0.1, 0.15) is 17.3 Å². The van der Waals surface area contributed by atoms with Gasteiger partial charge < -0.3 is 16.0 Å². The molecular weight excluding hydrogens is 529 g/mol. The number of sulfone groups is 1. The van der Waals surface area contributed by atoms with E-state index in [1.807, 2.05) is 53.2 Å². The van der Waals surface area contributed by atoms with Crippen LogP contribution in [0.25, 0.3) is 33.1 Å². The molecule has 6 rings (SSSR count). The highest BCUT2D eigenvalue weighted by Gasteiger charge is 2.16. The van der Waals surface area contributed by atoms with Crippen LogP contribution in [0.2, 0.25) is 0 Å². The van der Waals surface area contributed by atoms with Gasteiger partial charge in [0.15, 0.2) is 0 Å². The maximum Gasteiger partial charge on any atom is 0.149 e. The minimum atomic E-state index is -3.21. The summed E-state index contributed by atoms with van der Waals surface area (Å²) in [5.74, 6) is 0.229. The zero-order chi connectivity index (χ0) is 27.9. The molecule has 0 amide bonds. The van der Waals surface area contributed by atoms with Gasteiger partial charge in [0.2, 0.25) is 0 Å². The SMILES string of the molecule is CS(=O)(=O)CC(N)c1ccc(-c2ccc3ncnc(Nc4ccc5c(cnn5Cc5cccc(F)c5)c4)c3c2)[nH]1. The van der Waals surface area contributed by atoms with Crippen molar-refractivity contribution in [1.29, 1.82) is 0 Å². The van der Waals surface area contributed by atoms with Crippen molar-refractivity contribution in [3.8, 4) is 11.3 Å². The van der Waals surface area contributed by atoms with Crippen LogP contribution in [0.15, 0.2) is 85.3 Å². The maximum atomic E-state index is 13.6. The Morgan fingerprint density at radius 2 is 1.93 bits per heavy atom. The molecule has 0 saturated carbocycles. The second-order valence-corrected chi connectivity index (χ2v) is 12.0. The molecule has 1 unspecified atom stereocenters. The molecule has 0 radical (unpaired) electrons. The molecule has 3 aromatic carbocycles. The summed E-state index contributed by atoms with van der Waals surface area (Å²) in [6.07, 6.45) is 4.47. The van der Waals surface area contributed by atoms with Crippen LogP contribution in [-0.2, 0) is 16.4 Å². The first-order valence-corrected chi connectivity index (χ1v) is 14.6. The van der Waals surface area contributed by atoms with E-state index in [2.05, 4.69) is 25.4 Å². The largest absolute Gasteiger partial charge is 0.357 e. The van der Waals surface area contributed by atoms with Gasteiger partial charge in [-0.25, -0.2) is 22.8 Å². The molecule has 0 aliphatic heterocycles. The van der Waals surface area contributed by atoms with Crippen molar-refractivity contribution >= 4 is 43.1 Å². The topological polar surface area (TPSA) is 132 Å². The van der Waals surface area contributed by atoms with E-state index in [0.29, 0.717) is 18.1 Å². The average molecular weight is 556 g/mol. The Kier molecular flexibility index (Phi) is 6.53. The Morgan fingerprint density at radius 3 is 2.75 bits per heavy atom. The van der Waals surface area contributed by atoms with Crippen molar-refractivity contribution in [3.63, 3.8) is 0 Å². The van der Waals surface area contributed by atoms with Crippen molar-refractivity contribution in [2.75, 3.05) is 17.3 Å². The number of hydrogen-bond acceptors (Lipinski definition) is 7. The Bertz CT molecular complexity index is 1970. The molecule has 0 saturated heterocycles. The van der Waals surface area contributed by atoms with Gasteiger partial charge >= 0.3 is 0 Å². The number of anilines is 2. The van der Waals surface area contributed by atoms with E-state index in [-0.39, 0.29) is 11.6 Å². The minimum absolute atomic E-state index is 0.138. The van der Waals surface area contributed by atoms with Crippen molar-refractivity contribution in [2.45, 2.75) is 12.6 Å². The van der Waals surface area contributed by atoms with Gasteiger partial charge in [-0.15, -0.1) is 0 Å². The minimum Gasteiger partial charge on any atom is -0.357 e. The van der Waals surface area contributed by atoms with E-state index in [1.165, 1.54) is 24.7 Å². The van der Waals surface area contributed by atoms with E-state index >= 15 is 0 Å². The second-order valence-electron chi connectivity index (χ2n) is 9.81. The summed E-state index contributed by atoms with van der Waals surface area (Å²) in [5.41, 5.74) is 11.8. The van der Waals surface area contributed by atoms with Gasteiger partial charge in [-0.2, -0.15) is 5.10 Å². The first-order chi connectivity index (χ1) is 19.2. The quantitative estimate of drug-likeness (QED) is 0.242. The third-order valence-corrected chi connectivity index (χ3v) is 7.63. The zero-order valence-electron chi connectivity index (χ0n) is 21.5. The lowest BCUT2D eigenvalue weighted by atomic mass is 10.1. The summed E-state index contributed by atoms with van der Waals surface area (Å²) in [5, 5.41) is 9.64. The molecule has 202 valence electrons. The standard InChI is InChI=1S/C29H26FN7O2S/c1-40(38,39)16-24(31)27-9-8-25(36-27)19-5-7-26-23(13-19)29(33-17-32-26)35-22-6-10-28-20(12-22)14-34-37(28)15-18-3-2-4-21(30)11-18/h2-14,17,24,36H,15-16,31H2,1H3,(H,32,33,35). The fourth-order valence-corrected chi connectivity index (χ4v) is 5.60. The summed E-state index contributed by atoms with van der Waals surface area (Å²) >= 11 is 0. The Hall–Kier alpha value is -4.61. The van der Waals surface area contributed by atoms with Crippen LogP contribution < -0.4 is 11.1 Å². The van der Waals surface area contributed by atoms with Crippen LogP contribution in [0, 0.1) is 5.82 Å². The molecule has 1 atom stereocenters. The normalized spacial score (nSPS) is 12.7. The molecular formula is C29H26FN7O2S. The summed E-state index contributed by atoms with van der Waals surface area (Å²) in [4.78, 5) is 12.1. The van der Waals surface area contributed by atoms with Gasteiger partial charge in [0, 0.05) is 34.1 Å². The van der Waals surface area contributed by atoms with Crippen molar-refractivity contribution in [2.24, 2.45) is 5.73 Å². The van der Waals surface area contributed by atoms with E-state index in [1.54, 1.807) is 18.3 Å². The number of nitrogens with one attached hydrogen (secondary N) is 2. The predicted molar refractivity (Wildman–Crippen MR) is 154 cm³/mol. The van der Waals surface area contributed by atoms with Crippen LogP contribution in [-0.4, -0.2) is 45.2 Å². The zero-order valence-corrected chi connectivity index (χ0v) is 22.4. The summed E-state index contributed by atoms with van der Waals surface area (Å²) < 4.78 is 38.8. The summed E-state index contributed by atoms with van der Waals surface area (Å²) in [6, 6.07) is 21.3. The highest BCUT2D eigenvalue weighted by molar-refractivity contribution is 7.90. The van der Waals surface area contributed by atoms with Gasteiger partial charge in [0.05, 0.1) is 35.6 Å². The van der Waals surface area contributed by atoms with Crippen LogP contribution in [0.5, 0.6) is 0 Å². The third kappa shape index (κ3) is 5.42. The molecule has 3 aromatic heterocycles. The third-order valence-electron chi connectivity index (χ3n) is 6.66. The fourth-order valence-electron chi connectivity index (χ4n) is 4.77. The van der Waals surface area contributed by atoms with Crippen molar-refractivity contribution < 1.29 is 12.8 Å². The Labute approximate surface area is 229 Å². The average Bonchev–Trinajstić information content (AvgIpc) is 3.56. The molecule has 4 N–H and O–H groups in total. The van der Waals surface area contributed by atoms with Gasteiger partial charge in [-0.05, 0) is 65.7 Å². The molecule has 0 aliphatic carbocycles. The molecule has 0 bridgehead atoms. The molecule has 0 fully saturated rings. The van der Waals surface area contributed by atoms with Crippen LogP contribution in [0.3, 0.4) is 0 Å². The number of aromatic nitrogens is 5. The summed E-state index contributed by atoms with van der Waals surface area (Å²) in [6.45, 7) is 0.465. The van der Waals surface area contributed by atoms with E-state index in [9.17, 15) is 12.8 Å². The number of benzene rings is 3.